The Morgan fingerprint density at radius 2 is 1.61 bits per heavy atom. The molecule has 148 valence electrons. The highest BCUT2D eigenvalue weighted by atomic mass is 32.1. The van der Waals surface area contributed by atoms with Crippen molar-refractivity contribution in [3.8, 4) is 11.5 Å². The molecule has 8 heteroatoms. The van der Waals surface area contributed by atoms with Crippen molar-refractivity contribution in [1.82, 2.24) is 16.2 Å². The number of ether oxygens (including phenoxy) is 2. The lowest BCUT2D eigenvalue weighted by Gasteiger charge is -2.12. The molecule has 0 unspecified atom stereocenters. The van der Waals surface area contributed by atoms with Crippen LogP contribution in [0.4, 0.5) is 0 Å². The summed E-state index contributed by atoms with van der Waals surface area (Å²) in [5.74, 6) is 0.333. The van der Waals surface area contributed by atoms with Gasteiger partial charge in [-0.2, -0.15) is 0 Å². The average molecular weight is 401 g/mol. The fourth-order valence-electron chi connectivity index (χ4n) is 2.19. The summed E-state index contributed by atoms with van der Waals surface area (Å²) in [4.78, 5) is 23.6. The first-order chi connectivity index (χ1) is 13.5. The summed E-state index contributed by atoms with van der Waals surface area (Å²) in [5, 5.41) is 2.37. The molecule has 2 aromatic rings. The van der Waals surface area contributed by atoms with E-state index >= 15 is 0 Å². The van der Waals surface area contributed by atoms with Crippen LogP contribution in [0.15, 0.2) is 48.5 Å². The summed E-state index contributed by atoms with van der Waals surface area (Å²) < 4.78 is 10.8. The summed E-state index contributed by atoms with van der Waals surface area (Å²) in [6.07, 6.45) is 0.933. The van der Waals surface area contributed by atoms with Gasteiger partial charge in [0.1, 0.15) is 11.5 Å². The molecule has 3 N–H and O–H groups in total. The Kier molecular flexibility index (Phi) is 8.23. The quantitative estimate of drug-likeness (QED) is 0.486. The molecule has 0 atom stereocenters. The number of nitrogens with one attached hydrogen (secondary N) is 3. The zero-order chi connectivity index (χ0) is 20.4. The molecule has 28 heavy (non-hydrogen) atoms. The first-order valence-electron chi connectivity index (χ1n) is 8.76. The lowest BCUT2D eigenvalue weighted by molar-refractivity contribution is -0.124. The SMILES string of the molecule is CCc1ccc(OCC(=O)NC(=S)NNC(=O)COc2ccccc2C)cc1. The molecule has 0 radical (unpaired) electrons. The van der Waals surface area contributed by atoms with Crippen molar-refractivity contribution in [3.63, 3.8) is 0 Å². The standard InChI is InChI=1S/C20H23N3O4S/c1-3-15-8-10-16(11-9-15)26-12-18(24)21-20(28)23-22-19(25)13-27-17-7-5-4-6-14(17)2/h4-11H,3,12-13H2,1-2H3,(H,22,25)(H2,21,23,24,28). The van der Waals surface area contributed by atoms with Crippen LogP contribution in [0.3, 0.4) is 0 Å². The predicted molar refractivity (Wildman–Crippen MR) is 110 cm³/mol. The van der Waals surface area contributed by atoms with E-state index in [1.54, 1.807) is 18.2 Å². The van der Waals surface area contributed by atoms with Crippen LogP contribution in [0.1, 0.15) is 18.1 Å². The molecule has 0 aliphatic carbocycles. The van der Waals surface area contributed by atoms with E-state index in [4.69, 9.17) is 21.7 Å². The van der Waals surface area contributed by atoms with Crippen LogP contribution in [0, 0.1) is 6.92 Å². The molecule has 7 nitrogen and oxygen atoms in total. The Bertz CT molecular complexity index is 824. The van der Waals surface area contributed by atoms with Gasteiger partial charge in [0, 0.05) is 0 Å². The van der Waals surface area contributed by atoms with E-state index in [1.165, 1.54) is 5.56 Å². The minimum Gasteiger partial charge on any atom is -0.484 e. The van der Waals surface area contributed by atoms with Crippen LogP contribution < -0.4 is 25.6 Å². The molecule has 2 aromatic carbocycles. The van der Waals surface area contributed by atoms with Crippen molar-refractivity contribution < 1.29 is 19.1 Å². The maximum Gasteiger partial charge on any atom is 0.276 e. The molecule has 0 saturated heterocycles. The maximum atomic E-state index is 11.8. The minimum atomic E-state index is -0.442. The first-order valence-corrected chi connectivity index (χ1v) is 9.17. The summed E-state index contributed by atoms with van der Waals surface area (Å²) >= 11 is 4.96. The Morgan fingerprint density at radius 1 is 0.929 bits per heavy atom. The molecule has 0 aliphatic heterocycles. The lowest BCUT2D eigenvalue weighted by atomic mass is 10.2. The fourth-order valence-corrected chi connectivity index (χ4v) is 2.35. The van der Waals surface area contributed by atoms with Gasteiger partial charge in [0.2, 0.25) is 0 Å². The Morgan fingerprint density at radius 3 is 2.29 bits per heavy atom. The molecule has 2 rings (SSSR count). The minimum absolute atomic E-state index is 0.0424. The highest BCUT2D eigenvalue weighted by Gasteiger charge is 2.08. The second-order valence-electron chi connectivity index (χ2n) is 5.89. The summed E-state index contributed by atoms with van der Waals surface area (Å²) in [5.41, 5.74) is 6.91. The second-order valence-corrected chi connectivity index (χ2v) is 6.30. The number of amides is 2. The highest BCUT2D eigenvalue weighted by molar-refractivity contribution is 7.80. The molecule has 0 spiro atoms. The van der Waals surface area contributed by atoms with Gasteiger partial charge in [-0.05, 0) is 54.9 Å². The van der Waals surface area contributed by atoms with Gasteiger partial charge < -0.3 is 9.47 Å². The Hall–Kier alpha value is -3.13. The number of hydrazine groups is 1. The van der Waals surface area contributed by atoms with Crippen LogP contribution in [-0.4, -0.2) is 30.1 Å². The van der Waals surface area contributed by atoms with Crippen molar-refractivity contribution in [1.29, 1.82) is 0 Å². The van der Waals surface area contributed by atoms with E-state index in [0.29, 0.717) is 11.5 Å². The number of hydrogen-bond donors (Lipinski definition) is 3. The van der Waals surface area contributed by atoms with Gasteiger partial charge in [0.15, 0.2) is 18.3 Å². The molecular formula is C20H23N3O4S. The normalized spacial score (nSPS) is 9.93. The average Bonchev–Trinajstić information content (AvgIpc) is 2.70. The maximum absolute atomic E-state index is 11.8. The molecule has 0 aliphatic rings. The molecule has 0 fully saturated rings. The van der Waals surface area contributed by atoms with E-state index in [2.05, 4.69) is 23.1 Å². The van der Waals surface area contributed by atoms with E-state index in [-0.39, 0.29) is 18.3 Å². The molecular weight excluding hydrogens is 378 g/mol. The molecule has 0 saturated carbocycles. The first kappa shape index (κ1) is 21.2. The molecule has 2 amide bonds. The van der Waals surface area contributed by atoms with E-state index in [1.807, 2.05) is 37.3 Å². The highest BCUT2D eigenvalue weighted by Crippen LogP contribution is 2.15. The Balaban J connectivity index is 1.64. The van der Waals surface area contributed by atoms with Crippen molar-refractivity contribution in [3.05, 3.63) is 59.7 Å². The molecule has 0 aromatic heterocycles. The van der Waals surface area contributed by atoms with Crippen LogP contribution >= 0.6 is 12.2 Å². The fraction of sp³-hybridized carbons (Fsp3) is 0.250. The van der Waals surface area contributed by atoms with Gasteiger partial charge in [0.25, 0.3) is 11.8 Å². The van der Waals surface area contributed by atoms with Gasteiger partial charge in [-0.25, -0.2) is 0 Å². The van der Waals surface area contributed by atoms with Crippen LogP contribution in [0.2, 0.25) is 0 Å². The topological polar surface area (TPSA) is 88.7 Å². The number of carbonyl (C=O) groups is 2. The van der Waals surface area contributed by atoms with Crippen molar-refractivity contribution in [2.75, 3.05) is 13.2 Å². The summed E-state index contributed by atoms with van der Waals surface area (Å²) in [6, 6.07) is 14.8. The van der Waals surface area contributed by atoms with Gasteiger partial charge in [-0.15, -0.1) is 0 Å². The predicted octanol–water partition coefficient (Wildman–Crippen LogP) is 2.04. The van der Waals surface area contributed by atoms with Crippen molar-refractivity contribution >= 4 is 29.1 Å². The third-order valence-corrected chi connectivity index (χ3v) is 3.93. The van der Waals surface area contributed by atoms with Gasteiger partial charge in [-0.1, -0.05) is 37.3 Å². The monoisotopic (exact) mass is 401 g/mol. The summed E-state index contributed by atoms with van der Waals surface area (Å²) in [6.45, 7) is 3.56. The van der Waals surface area contributed by atoms with Crippen LogP contribution in [0.25, 0.3) is 0 Å². The van der Waals surface area contributed by atoms with Crippen molar-refractivity contribution in [2.24, 2.45) is 0 Å². The number of benzene rings is 2. The van der Waals surface area contributed by atoms with Crippen molar-refractivity contribution in [2.45, 2.75) is 20.3 Å². The molecule has 0 bridgehead atoms. The lowest BCUT2D eigenvalue weighted by Crippen LogP contribution is -2.50. The van der Waals surface area contributed by atoms with Gasteiger partial charge in [-0.3, -0.25) is 25.8 Å². The van der Waals surface area contributed by atoms with Crippen LogP contribution in [0.5, 0.6) is 11.5 Å². The number of rotatable bonds is 7. The van der Waals surface area contributed by atoms with E-state index in [9.17, 15) is 9.59 Å². The van der Waals surface area contributed by atoms with Gasteiger partial charge in [0.05, 0.1) is 0 Å². The number of thiocarbonyl (C=S) groups is 1. The number of para-hydroxylation sites is 1. The zero-order valence-electron chi connectivity index (χ0n) is 15.8. The van der Waals surface area contributed by atoms with Crippen LogP contribution in [-0.2, 0) is 16.0 Å². The third kappa shape index (κ3) is 7.24. The largest absolute Gasteiger partial charge is 0.484 e. The second kappa shape index (κ2) is 10.9. The number of aryl methyl sites for hydroxylation is 2. The summed E-state index contributed by atoms with van der Waals surface area (Å²) in [7, 11) is 0. The van der Waals surface area contributed by atoms with E-state index in [0.717, 1.165) is 12.0 Å². The number of carbonyl (C=O) groups excluding carboxylic acids is 2. The van der Waals surface area contributed by atoms with E-state index < -0.39 is 11.8 Å². The number of hydrogen-bond acceptors (Lipinski definition) is 5. The molecule has 0 heterocycles. The third-order valence-electron chi connectivity index (χ3n) is 3.72. The van der Waals surface area contributed by atoms with Gasteiger partial charge >= 0.3 is 0 Å². The Labute approximate surface area is 169 Å². The zero-order valence-corrected chi connectivity index (χ0v) is 16.6. The smallest absolute Gasteiger partial charge is 0.276 e.